The number of aromatic nitrogens is 1. The zero-order valence-corrected chi connectivity index (χ0v) is 13.7. The predicted octanol–water partition coefficient (Wildman–Crippen LogP) is 4.45. The summed E-state index contributed by atoms with van der Waals surface area (Å²) in [6.07, 6.45) is 0.805. The molecule has 3 nitrogen and oxygen atoms in total. The number of hydrogen-bond donors (Lipinski definition) is 1. The maximum absolute atomic E-state index is 13.8. The van der Waals surface area contributed by atoms with E-state index in [4.69, 9.17) is 4.74 Å². The van der Waals surface area contributed by atoms with E-state index >= 15 is 0 Å². The molecule has 0 aliphatic heterocycles. The second-order valence-electron chi connectivity index (χ2n) is 4.62. The van der Waals surface area contributed by atoms with Crippen molar-refractivity contribution in [3.63, 3.8) is 0 Å². The number of hydrogen-bond acceptors (Lipinski definition) is 3. The summed E-state index contributed by atoms with van der Waals surface area (Å²) >= 11 is 3.23. The number of halogens is 2. The van der Waals surface area contributed by atoms with Crippen LogP contribution in [0.2, 0.25) is 0 Å². The van der Waals surface area contributed by atoms with Crippen molar-refractivity contribution in [3.05, 3.63) is 51.9 Å². The maximum atomic E-state index is 13.8. The Morgan fingerprint density at radius 1 is 1.24 bits per heavy atom. The summed E-state index contributed by atoms with van der Waals surface area (Å²) in [5, 5.41) is 3.26. The minimum atomic E-state index is -0.415. The molecule has 0 fully saturated rings. The largest absolute Gasteiger partial charge is 0.436 e. The normalized spacial score (nSPS) is 10.7. The van der Waals surface area contributed by atoms with Gasteiger partial charge in [0.15, 0.2) is 11.6 Å². The Morgan fingerprint density at radius 3 is 2.71 bits per heavy atom. The molecule has 1 aromatic carbocycles. The van der Waals surface area contributed by atoms with Gasteiger partial charge in [-0.3, -0.25) is 0 Å². The van der Waals surface area contributed by atoms with Crippen LogP contribution in [-0.4, -0.2) is 11.5 Å². The Hall–Kier alpha value is -1.46. The molecule has 2 rings (SSSR count). The Bertz CT molecular complexity index is 619. The summed E-state index contributed by atoms with van der Waals surface area (Å²) in [5.74, 6) is 0.179. The smallest absolute Gasteiger partial charge is 0.219 e. The molecule has 1 N–H and O–H groups in total. The fourth-order valence-electron chi connectivity index (χ4n) is 1.90. The summed E-state index contributed by atoms with van der Waals surface area (Å²) in [5.41, 5.74) is 2.01. The topological polar surface area (TPSA) is 34.2 Å². The molecule has 0 unspecified atom stereocenters. The third-order valence-corrected chi connectivity index (χ3v) is 3.46. The molecule has 0 saturated carbocycles. The summed E-state index contributed by atoms with van der Waals surface area (Å²) in [6.45, 7) is 5.71. The second-order valence-corrected chi connectivity index (χ2v) is 5.53. The summed E-state index contributed by atoms with van der Waals surface area (Å²) < 4.78 is 20.1. The van der Waals surface area contributed by atoms with Crippen LogP contribution < -0.4 is 10.1 Å². The molecule has 0 atom stereocenters. The van der Waals surface area contributed by atoms with E-state index in [0.717, 1.165) is 30.8 Å². The molecule has 0 saturated heterocycles. The van der Waals surface area contributed by atoms with Gasteiger partial charge in [0.05, 0.1) is 0 Å². The van der Waals surface area contributed by atoms with Crippen molar-refractivity contribution < 1.29 is 9.13 Å². The fraction of sp³-hybridized carbons (Fsp3) is 0.312. The van der Waals surface area contributed by atoms with Gasteiger partial charge in [-0.05, 0) is 42.8 Å². The average Bonchev–Trinajstić information content (AvgIpc) is 2.48. The van der Waals surface area contributed by atoms with Gasteiger partial charge in [0.2, 0.25) is 5.88 Å². The third kappa shape index (κ3) is 4.51. The Morgan fingerprint density at radius 2 is 2.05 bits per heavy atom. The van der Waals surface area contributed by atoms with E-state index in [1.54, 1.807) is 12.1 Å². The molecule has 1 heterocycles. The second kappa shape index (κ2) is 7.52. The number of aryl methyl sites for hydroxylation is 1. The molecular weight excluding hydrogens is 335 g/mol. The van der Waals surface area contributed by atoms with Gasteiger partial charge in [0.25, 0.3) is 0 Å². The average molecular weight is 353 g/mol. The van der Waals surface area contributed by atoms with Gasteiger partial charge in [-0.2, -0.15) is 0 Å². The van der Waals surface area contributed by atoms with Crippen LogP contribution >= 0.6 is 15.9 Å². The maximum Gasteiger partial charge on any atom is 0.219 e. The molecule has 1 aromatic heterocycles. The van der Waals surface area contributed by atoms with E-state index in [1.165, 1.54) is 6.07 Å². The molecule has 0 amide bonds. The van der Waals surface area contributed by atoms with Crippen molar-refractivity contribution >= 4 is 15.9 Å². The monoisotopic (exact) mass is 352 g/mol. The number of nitrogens with one attached hydrogen (secondary N) is 1. The van der Waals surface area contributed by atoms with Crippen LogP contribution in [0.15, 0.2) is 34.8 Å². The molecule has 0 spiro atoms. The zero-order valence-electron chi connectivity index (χ0n) is 12.1. The lowest BCUT2D eigenvalue weighted by Gasteiger charge is -2.10. The van der Waals surface area contributed by atoms with Crippen LogP contribution in [0.1, 0.15) is 25.1 Å². The van der Waals surface area contributed by atoms with Gasteiger partial charge in [-0.1, -0.05) is 29.8 Å². The summed E-state index contributed by atoms with van der Waals surface area (Å²) in [6, 6.07) is 8.57. The Labute approximate surface area is 132 Å². The standard InChI is InChI=1S/C16H18BrFN2O/c1-3-13-7-11(10-19-4-2)8-16(20-13)21-15-6-5-12(17)9-14(15)18/h5-9,19H,3-4,10H2,1-2H3. The molecule has 21 heavy (non-hydrogen) atoms. The quantitative estimate of drug-likeness (QED) is 0.833. The summed E-state index contributed by atoms with van der Waals surface area (Å²) in [4.78, 5) is 4.39. The van der Waals surface area contributed by atoms with Gasteiger partial charge >= 0.3 is 0 Å². The van der Waals surface area contributed by atoms with Crippen LogP contribution in [0.4, 0.5) is 4.39 Å². The molecule has 112 valence electrons. The number of nitrogens with zero attached hydrogens (tertiary/aromatic N) is 1. The zero-order chi connectivity index (χ0) is 15.2. The number of benzene rings is 1. The first kappa shape index (κ1) is 15.9. The highest BCUT2D eigenvalue weighted by molar-refractivity contribution is 9.10. The molecule has 0 radical (unpaired) electrons. The van der Waals surface area contributed by atoms with E-state index in [-0.39, 0.29) is 5.75 Å². The highest BCUT2D eigenvalue weighted by Gasteiger charge is 2.08. The van der Waals surface area contributed by atoms with E-state index < -0.39 is 5.82 Å². The first-order valence-electron chi connectivity index (χ1n) is 6.95. The number of pyridine rings is 1. The highest BCUT2D eigenvalue weighted by Crippen LogP contribution is 2.26. The molecule has 2 aromatic rings. The lowest BCUT2D eigenvalue weighted by molar-refractivity contribution is 0.425. The first-order chi connectivity index (χ1) is 10.1. The van der Waals surface area contributed by atoms with Gasteiger partial charge in [-0.25, -0.2) is 9.37 Å². The van der Waals surface area contributed by atoms with Gasteiger partial charge < -0.3 is 10.1 Å². The highest BCUT2D eigenvalue weighted by atomic mass is 79.9. The molecule has 5 heteroatoms. The van der Waals surface area contributed by atoms with Crippen LogP contribution in [0, 0.1) is 5.82 Å². The van der Waals surface area contributed by atoms with Crippen molar-refractivity contribution in [1.82, 2.24) is 10.3 Å². The van der Waals surface area contributed by atoms with Crippen molar-refractivity contribution in [2.24, 2.45) is 0 Å². The molecular formula is C16H18BrFN2O. The van der Waals surface area contributed by atoms with Gasteiger partial charge in [-0.15, -0.1) is 0 Å². The van der Waals surface area contributed by atoms with Crippen LogP contribution in [0.5, 0.6) is 11.6 Å². The molecule has 0 aliphatic rings. The van der Waals surface area contributed by atoms with Crippen molar-refractivity contribution in [1.29, 1.82) is 0 Å². The van der Waals surface area contributed by atoms with Gasteiger partial charge in [0, 0.05) is 22.8 Å². The first-order valence-corrected chi connectivity index (χ1v) is 7.75. The van der Waals surface area contributed by atoms with E-state index in [1.807, 2.05) is 19.1 Å². The Kier molecular flexibility index (Phi) is 5.70. The van der Waals surface area contributed by atoms with E-state index in [0.29, 0.717) is 10.4 Å². The number of rotatable bonds is 6. The van der Waals surface area contributed by atoms with E-state index in [2.05, 4.69) is 33.2 Å². The third-order valence-electron chi connectivity index (χ3n) is 2.96. The van der Waals surface area contributed by atoms with Crippen molar-refractivity contribution in [2.45, 2.75) is 26.8 Å². The Balaban J connectivity index is 2.25. The van der Waals surface area contributed by atoms with Crippen molar-refractivity contribution in [3.8, 4) is 11.6 Å². The number of ether oxygens (including phenoxy) is 1. The SMILES string of the molecule is CCNCc1cc(CC)nc(Oc2ccc(Br)cc2F)c1. The fourth-order valence-corrected chi connectivity index (χ4v) is 2.23. The van der Waals surface area contributed by atoms with Crippen molar-refractivity contribution in [2.75, 3.05) is 6.54 Å². The molecule has 0 aliphatic carbocycles. The van der Waals surface area contributed by atoms with Gasteiger partial charge in [0.1, 0.15) is 0 Å². The van der Waals surface area contributed by atoms with E-state index in [9.17, 15) is 4.39 Å². The van der Waals surface area contributed by atoms with Crippen LogP contribution in [0.25, 0.3) is 0 Å². The predicted molar refractivity (Wildman–Crippen MR) is 85.2 cm³/mol. The minimum Gasteiger partial charge on any atom is -0.436 e. The summed E-state index contributed by atoms with van der Waals surface area (Å²) in [7, 11) is 0. The molecule has 0 bridgehead atoms. The van der Waals surface area contributed by atoms with Crippen LogP contribution in [0.3, 0.4) is 0 Å². The lowest BCUT2D eigenvalue weighted by atomic mass is 10.2. The lowest BCUT2D eigenvalue weighted by Crippen LogP contribution is -2.12. The van der Waals surface area contributed by atoms with Crippen LogP contribution in [-0.2, 0) is 13.0 Å². The minimum absolute atomic E-state index is 0.174.